The van der Waals surface area contributed by atoms with Crippen LogP contribution >= 0.6 is 15.9 Å². The van der Waals surface area contributed by atoms with Crippen molar-refractivity contribution in [2.75, 3.05) is 18.5 Å². The topological polar surface area (TPSA) is 73.9 Å². The van der Waals surface area contributed by atoms with Gasteiger partial charge < -0.3 is 19.5 Å². The summed E-state index contributed by atoms with van der Waals surface area (Å²) < 4.78 is 17.3. The van der Waals surface area contributed by atoms with Gasteiger partial charge in [-0.3, -0.25) is 9.59 Å². The van der Waals surface area contributed by atoms with Gasteiger partial charge in [-0.25, -0.2) is 0 Å². The van der Waals surface area contributed by atoms with E-state index in [1.807, 2.05) is 0 Å². The number of halogens is 1. The molecule has 2 aromatic rings. The maximum Gasteiger partial charge on any atom is 0.265 e. The molecule has 0 bridgehead atoms. The number of hydrogen-bond acceptors (Lipinski definition) is 5. The SMILES string of the molecule is C[C@H](Oc1ccc(Br)cc1C=O)C(=O)Nc1ccc2c(c1)OCCO2. The monoisotopic (exact) mass is 405 g/mol. The quantitative estimate of drug-likeness (QED) is 0.771. The predicted octanol–water partition coefficient (Wildman–Crippen LogP) is 3.44. The van der Waals surface area contributed by atoms with Gasteiger partial charge in [0.15, 0.2) is 23.9 Å². The van der Waals surface area contributed by atoms with Gasteiger partial charge in [0.1, 0.15) is 19.0 Å². The van der Waals surface area contributed by atoms with Crippen LogP contribution in [0, 0.1) is 0 Å². The number of hydrogen-bond donors (Lipinski definition) is 1. The van der Waals surface area contributed by atoms with Gasteiger partial charge in [0.25, 0.3) is 5.91 Å². The smallest absolute Gasteiger partial charge is 0.265 e. The highest BCUT2D eigenvalue weighted by molar-refractivity contribution is 9.10. The van der Waals surface area contributed by atoms with Crippen LogP contribution < -0.4 is 19.5 Å². The van der Waals surface area contributed by atoms with E-state index in [1.165, 1.54) is 0 Å². The van der Waals surface area contributed by atoms with E-state index in [1.54, 1.807) is 43.3 Å². The molecule has 0 aromatic heterocycles. The molecule has 3 rings (SSSR count). The largest absolute Gasteiger partial charge is 0.486 e. The zero-order chi connectivity index (χ0) is 17.8. The van der Waals surface area contributed by atoms with Crippen LogP contribution in [0.25, 0.3) is 0 Å². The molecule has 0 spiro atoms. The van der Waals surface area contributed by atoms with E-state index in [4.69, 9.17) is 14.2 Å². The highest BCUT2D eigenvalue weighted by Gasteiger charge is 2.18. The third kappa shape index (κ3) is 4.11. The summed E-state index contributed by atoms with van der Waals surface area (Å²) in [6.45, 7) is 2.60. The van der Waals surface area contributed by atoms with Crippen molar-refractivity contribution >= 4 is 33.8 Å². The van der Waals surface area contributed by atoms with Crippen molar-refractivity contribution in [1.29, 1.82) is 0 Å². The van der Waals surface area contributed by atoms with Gasteiger partial charge in [-0.1, -0.05) is 15.9 Å². The van der Waals surface area contributed by atoms with Gasteiger partial charge in [0, 0.05) is 16.2 Å². The Morgan fingerprint density at radius 2 is 1.96 bits per heavy atom. The molecular weight excluding hydrogens is 390 g/mol. The molecule has 1 atom stereocenters. The Bertz CT molecular complexity index is 808. The highest BCUT2D eigenvalue weighted by Crippen LogP contribution is 2.32. The van der Waals surface area contributed by atoms with Crippen LogP contribution in [0.4, 0.5) is 5.69 Å². The van der Waals surface area contributed by atoms with E-state index in [0.717, 1.165) is 4.47 Å². The Balaban J connectivity index is 1.68. The summed E-state index contributed by atoms with van der Waals surface area (Å²) in [5, 5.41) is 2.76. The molecule has 0 aliphatic carbocycles. The fourth-order valence-corrected chi connectivity index (χ4v) is 2.71. The van der Waals surface area contributed by atoms with Crippen molar-refractivity contribution in [3.63, 3.8) is 0 Å². The molecule has 7 heteroatoms. The van der Waals surface area contributed by atoms with E-state index in [-0.39, 0.29) is 5.91 Å². The summed E-state index contributed by atoms with van der Waals surface area (Å²) in [5.74, 6) is 1.26. The summed E-state index contributed by atoms with van der Waals surface area (Å²) in [7, 11) is 0. The van der Waals surface area contributed by atoms with Gasteiger partial charge >= 0.3 is 0 Å². The van der Waals surface area contributed by atoms with E-state index in [9.17, 15) is 9.59 Å². The standard InChI is InChI=1S/C18H16BrNO5/c1-11(25-15-4-2-13(19)8-12(15)10-21)18(22)20-14-3-5-16-17(9-14)24-7-6-23-16/h2-5,8-11H,6-7H2,1H3,(H,20,22)/t11-/m0/s1. The Morgan fingerprint density at radius 1 is 1.20 bits per heavy atom. The van der Waals surface area contributed by atoms with Crippen molar-refractivity contribution in [2.24, 2.45) is 0 Å². The highest BCUT2D eigenvalue weighted by atomic mass is 79.9. The summed E-state index contributed by atoms with van der Waals surface area (Å²) >= 11 is 3.29. The summed E-state index contributed by atoms with van der Waals surface area (Å²) in [6, 6.07) is 10.2. The summed E-state index contributed by atoms with van der Waals surface area (Å²) in [5.41, 5.74) is 0.949. The van der Waals surface area contributed by atoms with Crippen molar-refractivity contribution in [3.05, 3.63) is 46.4 Å². The van der Waals surface area contributed by atoms with Gasteiger partial charge in [-0.15, -0.1) is 0 Å². The van der Waals surface area contributed by atoms with Crippen LogP contribution in [0.2, 0.25) is 0 Å². The molecule has 0 saturated heterocycles. The van der Waals surface area contributed by atoms with Crippen LogP contribution in [-0.2, 0) is 4.79 Å². The van der Waals surface area contributed by atoms with Crippen molar-refractivity contribution in [2.45, 2.75) is 13.0 Å². The fourth-order valence-electron chi connectivity index (χ4n) is 2.33. The lowest BCUT2D eigenvalue weighted by Gasteiger charge is -2.20. The van der Waals surface area contributed by atoms with Crippen LogP contribution in [0.3, 0.4) is 0 Å². The Hall–Kier alpha value is -2.54. The van der Waals surface area contributed by atoms with Gasteiger partial charge in [0.2, 0.25) is 0 Å². The number of carbonyl (C=O) groups is 2. The van der Waals surface area contributed by atoms with Gasteiger partial charge in [-0.2, -0.15) is 0 Å². The number of ether oxygens (including phenoxy) is 3. The second-order valence-electron chi connectivity index (χ2n) is 5.41. The normalized spacial score (nSPS) is 13.7. The second-order valence-corrected chi connectivity index (χ2v) is 6.32. The molecule has 0 radical (unpaired) electrons. The minimum atomic E-state index is -0.784. The molecule has 1 N–H and O–H groups in total. The Morgan fingerprint density at radius 3 is 2.72 bits per heavy atom. The lowest BCUT2D eigenvalue weighted by molar-refractivity contribution is -0.122. The van der Waals surface area contributed by atoms with Crippen LogP contribution in [0.1, 0.15) is 17.3 Å². The molecular formula is C18H16BrNO5. The molecule has 25 heavy (non-hydrogen) atoms. The first-order valence-corrected chi connectivity index (χ1v) is 8.48. The van der Waals surface area contributed by atoms with E-state index >= 15 is 0 Å². The Labute approximate surface area is 153 Å². The zero-order valence-electron chi connectivity index (χ0n) is 13.5. The zero-order valence-corrected chi connectivity index (χ0v) is 15.0. The Kier molecular flexibility index (Phi) is 5.23. The molecule has 2 aromatic carbocycles. The van der Waals surface area contributed by atoms with Crippen LogP contribution in [0.15, 0.2) is 40.9 Å². The number of amides is 1. The molecule has 1 aliphatic rings. The van der Waals surface area contributed by atoms with Gasteiger partial charge in [-0.05, 0) is 37.3 Å². The maximum absolute atomic E-state index is 12.3. The minimum absolute atomic E-state index is 0.337. The molecule has 0 saturated carbocycles. The predicted molar refractivity (Wildman–Crippen MR) is 95.7 cm³/mol. The van der Waals surface area contributed by atoms with E-state index in [2.05, 4.69) is 21.2 Å². The molecule has 1 amide bonds. The first-order chi connectivity index (χ1) is 12.1. The number of aldehydes is 1. The fraction of sp³-hybridized carbons (Fsp3) is 0.222. The third-order valence-electron chi connectivity index (χ3n) is 3.58. The summed E-state index contributed by atoms with van der Waals surface area (Å²) in [4.78, 5) is 23.5. The number of fused-ring (bicyclic) bond motifs is 1. The molecule has 6 nitrogen and oxygen atoms in total. The first-order valence-electron chi connectivity index (χ1n) is 7.69. The molecule has 1 aliphatic heterocycles. The average Bonchev–Trinajstić information content (AvgIpc) is 2.62. The lowest BCUT2D eigenvalue weighted by Crippen LogP contribution is -2.30. The number of carbonyl (C=O) groups excluding carboxylic acids is 2. The number of anilines is 1. The van der Waals surface area contributed by atoms with E-state index in [0.29, 0.717) is 48.0 Å². The average molecular weight is 406 g/mol. The van der Waals surface area contributed by atoms with Crippen molar-refractivity contribution in [1.82, 2.24) is 0 Å². The lowest BCUT2D eigenvalue weighted by atomic mass is 10.2. The van der Waals surface area contributed by atoms with Crippen molar-refractivity contribution < 1.29 is 23.8 Å². The number of rotatable bonds is 5. The number of nitrogens with one attached hydrogen (secondary N) is 1. The third-order valence-corrected chi connectivity index (χ3v) is 4.07. The van der Waals surface area contributed by atoms with Crippen LogP contribution in [0.5, 0.6) is 17.2 Å². The van der Waals surface area contributed by atoms with Gasteiger partial charge in [0.05, 0.1) is 5.56 Å². The van der Waals surface area contributed by atoms with Crippen molar-refractivity contribution in [3.8, 4) is 17.2 Å². The number of benzene rings is 2. The molecule has 1 heterocycles. The minimum Gasteiger partial charge on any atom is -0.486 e. The summed E-state index contributed by atoms with van der Waals surface area (Å²) in [6.07, 6.45) is -0.0981. The second kappa shape index (κ2) is 7.57. The molecule has 0 fully saturated rings. The first kappa shape index (κ1) is 17.3. The maximum atomic E-state index is 12.3. The van der Waals surface area contributed by atoms with E-state index < -0.39 is 6.10 Å². The molecule has 130 valence electrons. The van der Waals surface area contributed by atoms with Crippen LogP contribution in [-0.4, -0.2) is 31.5 Å². The molecule has 0 unspecified atom stereocenters.